The summed E-state index contributed by atoms with van der Waals surface area (Å²) in [6.45, 7) is 0.215. The molecule has 0 aliphatic carbocycles. The average molecular weight is 196 g/mol. The van der Waals surface area contributed by atoms with Gasteiger partial charge in [-0.15, -0.1) is 0 Å². The van der Waals surface area contributed by atoms with Crippen molar-refractivity contribution in [2.24, 2.45) is 0 Å². The standard InChI is InChI=1S/C5H10O5.C2H6O/c6-1-4(9)5(10,2-7)3-8;1-2-3/h1,4,7-10H,2-3H2;3H,2H2,1H3. The fraction of sp³-hybridized carbons (Fsp3) is 0.857. The molecule has 0 saturated heterocycles. The molecule has 5 N–H and O–H groups in total. The average Bonchev–Trinajstić information content (AvgIpc) is 2.16. The van der Waals surface area contributed by atoms with Gasteiger partial charge in [0.1, 0.15) is 11.7 Å². The van der Waals surface area contributed by atoms with E-state index in [4.69, 9.17) is 25.5 Å². The number of aliphatic hydroxyl groups is 5. The number of rotatable bonds is 4. The van der Waals surface area contributed by atoms with Crippen molar-refractivity contribution in [3.8, 4) is 0 Å². The quantitative estimate of drug-likeness (QED) is 0.311. The third kappa shape index (κ3) is 5.67. The SMILES string of the molecule is CCO.O=CC(O)C(O)(CO)CO. The number of hydrogen-bond donors (Lipinski definition) is 5. The Morgan fingerprint density at radius 1 is 1.31 bits per heavy atom. The van der Waals surface area contributed by atoms with Crippen LogP contribution >= 0.6 is 0 Å². The van der Waals surface area contributed by atoms with E-state index in [9.17, 15) is 4.79 Å². The van der Waals surface area contributed by atoms with Crippen molar-refractivity contribution < 1.29 is 30.3 Å². The van der Waals surface area contributed by atoms with Gasteiger partial charge in [0.15, 0.2) is 6.29 Å². The third-order valence-corrected chi connectivity index (χ3v) is 1.23. The van der Waals surface area contributed by atoms with Crippen LogP contribution in [0.15, 0.2) is 0 Å². The first-order valence-corrected chi connectivity index (χ1v) is 3.70. The van der Waals surface area contributed by atoms with Crippen molar-refractivity contribution in [3.63, 3.8) is 0 Å². The molecule has 6 heteroatoms. The van der Waals surface area contributed by atoms with Gasteiger partial charge in [-0.1, -0.05) is 0 Å². The Kier molecular flexibility index (Phi) is 9.31. The smallest absolute Gasteiger partial charge is 0.151 e. The second-order valence-corrected chi connectivity index (χ2v) is 2.32. The minimum absolute atomic E-state index is 0.0481. The van der Waals surface area contributed by atoms with Gasteiger partial charge in [0, 0.05) is 6.61 Å². The van der Waals surface area contributed by atoms with Gasteiger partial charge in [-0.25, -0.2) is 0 Å². The van der Waals surface area contributed by atoms with Crippen LogP contribution in [0.3, 0.4) is 0 Å². The Bertz CT molecular complexity index is 122. The topological polar surface area (TPSA) is 118 Å². The van der Waals surface area contributed by atoms with Gasteiger partial charge in [-0.2, -0.15) is 0 Å². The maximum Gasteiger partial charge on any atom is 0.151 e. The van der Waals surface area contributed by atoms with Crippen LogP contribution in [0.2, 0.25) is 0 Å². The highest BCUT2D eigenvalue weighted by molar-refractivity contribution is 5.58. The zero-order valence-electron chi connectivity index (χ0n) is 7.42. The van der Waals surface area contributed by atoms with Crippen molar-refractivity contribution in [2.45, 2.75) is 18.6 Å². The lowest BCUT2D eigenvalue weighted by atomic mass is 10.0. The van der Waals surface area contributed by atoms with Crippen molar-refractivity contribution >= 4 is 6.29 Å². The molecule has 0 aromatic heterocycles. The highest BCUT2D eigenvalue weighted by Gasteiger charge is 2.33. The van der Waals surface area contributed by atoms with E-state index in [1.165, 1.54) is 0 Å². The fourth-order valence-electron chi connectivity index (χ4n) is 0.364. The molecular weight excluding hydrogens is 180 g/mol. The first kappa shape index (κ1) is 15.0. The molecule has 0 spiro atoms. The molecule has 0 heterocycles. The number of aldehydes is 1. The van der Waals surface area contributed by atoms with E-state index in [1.54, 1.807) is 6.92 Å². The molecule has 0 radical (unpaired) electrons. The van der Waals surface area contributed by atoms with Crippen LogP contribution in [0.4, 0.5) is 0 Å². The Hall–Kier alpha value is -0.530. The van der Waals surface area contributed by atoms with Gasteiger partial charge in [0.25, 0.3) is 0 Å². The largest absolute Gasteiger partial charge is 0.397 e. The fourth-order valence-corrected chi connectivity index (χ4v) is 0.364. The van der Waals surface area contributed by atoms with Crippen molar-refractivity contribution in [1.29, 1.82) is 0 Å². The molecule has 0 aliphatic heterocycles. The molecule has 1 unspecified atom stereocenters. The first-order valence-electron chi connectivity index (χ1n) is 3.70. The summed E-state index contributed by atoms with van der Waals surface area (Å²) in [5, 5.41) is 41.8. The Labute approximate surface area is 76.1 Å². The number of aliphatic hydroxyl groups excluding tert-OH is 4. The van der Waals surface area contributed by atoms with E-state index in [1.807, 2.05) is 0 Å². The molecular formula is C7H16O6. The van der Waals surface area contributed by atoms with E-state index in [-0.39, 0.29) is 12.9 Å². The molecule has 0 saturated carbocycles. The molecule has 0 rings (SSSR count). The van der Waals surface area contributed by atoms with Crippen LogP contribution in [0.5, 0.6) is 0 Å². The van der Waals surface area contributed by atoms with Crippen molar-refractivity contribution in [2.75, 3.05) is 19.8 Å². The highest BCUT2D eigenvalue weighted by Crippen LogP contribution is 2.06. The number of carbonyl (C=O) groups is 1. The lowest BCUT2D eigenvalue weighted by Gasteiger charge is -2.24. The van der Waals surface area contributed by atoms with Gasteiger partial charge in [0.05, 0.1) is 13.2 Å². The molecule has 0 fully saturated rings. The molecule has 0 aromatic rings. The summed E-state index contributed by atoms with van der Waals surface area (Å²) >= 11 is 0. The third-order valence-electron chi connectivity index (χ3n) is 1.23. The first-order chi connectivity index (χ1) is 6.02. The summed E-state index contributed by atoms with van der Waals surface area (Å²) in [6.07, 6.45) is -1.70. The summed E-state index contributed by atoms with van der Waals surface area (Å²) in [4.78, 5) is 9.84. The van der Waals surface area contributed by atoms with Gasteiger partial charge < -0.3 is 30.3 Å². The van der Waals surface area contributed by atoms with Crippen LogP contribution < -0.4 is 0 Å². The summed E-state index contributed by atoms with van der Waals surface area (Å²) in [5.41, 5.74) is -2.11. The van der Waals surface area contributed by atoms with Gasteiger partial charge in [-0.3, -0.25) is 0 Å². The van der Waals surface area contributed by atoms with Crippen molar-refractivity contribution in [1.82, 2.24) is 0 Å². The van der Waals surface area contributed by atoms with Gasteiger partial charge in [-0.05, 0) is 6.92 Å². The molecule has 0 aliphatic rings. The number of hydrogen-bond acceptors (Lipinski definition) is 6. The van der Waals surface area contributed by atoms with Gasteiger partial charge in [0.2, 0.25) is 0 Å². The summed E-state index contributed by atoms with van der Waals surface area (Å²) in [5.74, 6) is 0. The Morgan fingerprint density at radius 2 is 1.62 bits per heavy atom. The maximum atomic E-state index is 9.84. The van der Waals surface area contributed by atoms with Crippen LogP contribution in [0, 0.1) is 0 Å². The van der Waals surface area contributed by atoms with E-state index in [0.717, 1.165) is 0 Å². The second kappa shape index (κ2) is 8.09. The molecule has 0 aromatic carbocycles. The number of carbonyl (C=O) groups excluding carboxylic acids is 1. The molecule has 13 heavy (non-hydrogen) atoms. The summed E-state index contributed by atoms with van der Waals surface area (Å²) in [6, 6.07) is 0. The van der Waals surface area contributed by atoms with Crippen LogP contribution in [-0.2, 0) is 4.79 Å². The van der Waals surface area contributed by atoms with E-state index >= 15 is 0 Å². The normalized spacial score (nSPS) is 12.8. The summed E-state index contributed by atoms with van der Waals surface area (Å²) < 4.78 is 0. The zero-order chi connectivity index (χ0) is 10.9. The van der Waals surface area contributed by atoms with Gasteiger partial charge >= 0.3 is 0 Å². The van der Waals surface area contributed by atoms with E-state index in [0.29, 0.717) is 0 Å². The van der Waals surface area contributed by atoms with Crippen molar-refractivity contribution in [3.05, 3.63) is 0 Å². The Morgan fingerprint density at radius 3 is 1.69 bits per heavy atom. The molecule has 1 atom stereocenters. The van der Waals surface area contributed by atoms with E-state index in [2.05, 4.69) is 0 Å². The minimum atomic E-state index is -2.11. The monoisotopic (exact) mass is 196 g/mol. The predicted molar refractivity (Wildman–Crippen MR) is 44.0 cm³/mol. The predicted octanol–water partition coefficient (Wildman–Crippen LogP) is -2.74. The minimum Gasteiger partial charge on any atom is -0.397 e. The van der Waals surface area contributed by atoms with E-state index < -0.39 is 24.9 Å². The zero-order valence-corrected chi connectivity index (χ0v) is 7.42. The maximum absolute atomic E-state index is 9.84. The molecule has 0 bridgehead atoms. The Balaban J connectivity index is 0. The highest BCUT2D eigenvalue weighted by atomic mass is 16.4. The van der Waals surface area contributed by atoms with Crippen LogP contribution in [0.25, 0.3) is 0 Å². The lowest BCUT2D eigenvalue weighted by molar-refractivity contribution is -0.147. The lowest BCUT2D eigenvalue weighted by Crippen LogP contribution is -2.49. The van der Waals surface area contributed by atoms with Crippen LogP contribution in [0.1, 0.15) is 6.92 Å². The summed E-state index contributed by atoms with van der Waals surface area (Å²) in [7, 11) is 0. The molecule has 80 valence electrons. The second-order valence-electron chi connectivity index (χ2n) is 2.32. The molecule has 6 nitrogen and oxygen atoms in total. The molecule has 0 amide bonds. The van der Waals surface area contributed by atoms with Crippen LogP contribution in [-0.4, -0.2) is 63.3 Å².